The van der Waals surface area contributed by atoms with Gasteiger partial charge in [-0.2, -0.15) is 41.3 Å². The molecule has 0 radical (unpaired) electrons. The second-order valence-corrected chi connectivity index (χ2v) is 7.83. The molecule has 34 heavy (non-hydrogen) atoms. The largest absolute Gasteiger partial charge is 0.433 e. The van der Waals surface area contributed by atoms with Crippen molar-refractivity contribution in [2.45, 2.75) is 18.4 Å². The minimum absolute atomic E-state index is 0.0153. The second-order valence-electron chi connectivity index (χ2n) is 7.83. The summed E-state index contributed by atoms with van der Waals surface area (Å²) in [6, 6.07) is 4.09. The molecule has 0 amide bonds. The summed E-state index contributed by atoms with van der Waals surface area (Å²) in [7, 11) is 0. The van der Waals surface area contributed by atoms with Crippen LogP contribution in [0.5, 0.6) is 0 Å². The fourth-order valence-electron chi connectivity index (χ4n) is 3.72. The van der Waals surface area contributed by atoms with Crippen LogP contribution in [0.25, 0.3) is 11.5 Å². The number of ether oxygens (including phenoxy) is 1. The van der Waals surface area contributed by atoms with Gasteiger partial charge in [-0.1, -0.05) is 6.07 Å². The van der Waals surface area contributed by atoms with E-state index in [2.05, 4.69) is 35.6 Å². The SMILES string of the molecule is FC(F)(F)c1cncc(Nc2nc(NC3C4COCC43)nc(-c3cccc(C(F)(F)F)n3)n2)c1. The van der Waals surface area contributed by atoms with Crippen LogP contribution < -0.4 is 10.6 Å². The number of aromatic nitrogens is 5. The summed E-state index contributed by atoms with van der Waals surface area (Å²) < 4.78 is 83.8. The minimum atomic E-state index is -4.68. The predicted molar refractivity (Wildman–Crippen MR) is 106 cm³/mol. The lowest BCUT2D eigenvalue weighted by atomic mass is 10.2. The molecule has 0 spiro atoms. The molecule has 0 aromatic carbocycles. The number of halogens is 6. The highest BCUT2D eigenvalue weighted by atomic mass is 19.4. The van der Waals surface area contributed by atoms with Crippen LogP contribution in [-0.2, 0) is 17.1 Å². The zero-order valence-electron chi connectivity index (χ0n) is 17.0. The molecule has 1 saturated carbocycles. The molecule has 1 aliphatic heterocycles. The van der Waals surface area contributed by atoms with Crippen LogP contribution in [0.3, 0.4) is 0 Å². The Kier molecular flexibility index (Phi) is 5.26. The van der Waals surface area contributed by atoms with Gasteiger partial charge in [-0.3, -0.25) is 4.98 Å². The third-order valence-electron chi connectivity index (χ3n) is 5.47. The van der Waals surface area contributed by atoms with E-state index in [1.54, 1.807) is 0 Å². The molecule has 3 aromatic rings. The van der Waals surface area contributed by atoms with Gasteiger partial charge in [-0.15, -0.1) is 0 Å². The minimum Gasteiger partial charge on any atom is -0.381 e. The number of nitrogens with zero attached hydrogens (tertiary/aromatic N) is 5. The molecule has 5 rings (SSSR count). The third kappa shape index (κ3) is 4.58. The Bertz CT molecular complexity index is 1210. The zero-order valence-corrected chi connectivity index (χ0v) is 17.0. The molecular formula is C20H15F6N7O. The summed E-state index contributed by atoms with van der Waals surface area (Å²) in [5, 5.41) is 5.72. The van der Waals surface area contributed by atoms with Crippen LogP contribution in [0.15, 0.2) is 36.7 Å². The van der Waals surface area contributed by atoms with Crippen LogP contribution in [0.1, 0.15) is 11.3 Å². The maximum atomic E-state index is 13.1. The van der Waals surface area contributed by atoms with Crippen LogP contribution in [0, 0.1) is 11.8 Å². The number of hydrogen-bond acceptors (Lipinski definition) is 8. The highest BCUT2D eigenvalue weighted by Gasteiger charge is 2.54. The van der Waals surface area contributed by atoms with Gasteiger partial charge in [0.15, 0.2) is 5.82 Å². The normalized spacial score (nSPS) is 21.8. The lowest BCUT2D eigenvalue weighted by Crippen LogP contribution is -2.16. The Morgan fingerprint density at radius 2 is 1.59 bits per heavy atom. The zero-order chi connectivity index (χ0) is 24.1. The van der Waals surface area contributed by atoms with E-state index < -0.39 is 23.6 Å². The Labute approximate surface area is 187 Å². The maximum absolute atomic E-state index is 13.1. The molecule has 2 atom stereocenters. The smallest absolute Gasteiger partial charge is 0.381 e. The topological polar surface area (TPSA) is 97.7 Å². The highest BCUT2D eigenvalue weighted by Crippen LogP contribution is 2.45. The van der Waals surface area contributed by atoms with Gasteiger partial charge in [0.2, 0.25) is 11.9 Å². The van der Waals surface area contributed by atoms with Crippen LogP contribution >= 0.6 is 0 Å². The number of anilines is 3. The summed E-state index contributed by atoms with van der Waals surface area (Å²) >= 11 is 0. The van der Waals surface area contributed by atoms with Crippen molar-refractivity contribution in [1.82, 2.24) is 24.9 Å². The molecule has 178 valence electrons. The second kappa shape index (κ2) is 8.04. The van der Waals surface area contributed by atoms with Crippen molar-refractivity contribution < 1.29 is 31.1 Å². The molecule has 8 nitrogen and oxygen atoms in total. The van der Waals surface area contributed by atoms with E-state index in [4.69, 9.17) is 4.74 Å². The molecule has 2 unspecified atom stereocenters. The average molecular weight is 483 g/mol. The fraction of sp³-hybridized carbons (Fsp3) is 0.350. The van der Waals surface area contributed by atoms with E-state index in [9.17, 15) is 26.3 Å². The fourth-order valence-corrected chi connectivity index (χ4v) is 3.72. The van der Waals surface area contributed by atoms with E-state index >= 15 is 0 Å². The quantitative estimate of drug-likeness (QED) is 0.522. The van der Waals surface area contributed by atoms with E-state index in [-0.39, 0.29) is 47.0 Å². The first-order chi connectivity index (χ1) is 16.1. The van der Waals surface area contributed by atoms with E-state index in [0.29, 0.717) is 19.4 Å². The Hall–Kier alpha value is -3.55. The summed E-state index contributed by atoms with van der Waals surface area (Å²) in [5.41, 5.74) is -2.36. The highest BCUT2D eigenvalue weighted by molar-refractivity contribution is 5.59. The monoisotopic (exact) mass is 483 g/mol. The molecule has 2 N–H and O–H groups in total. The number of rotatable bonds is 5. The van der Waals surface area contributed by atoms with E-state index in [1.807, 2.05) is 0 Å². The Balaban J connectivity index is 1.49. The van der Waals surface area contributed by atoms with Crippen molar-refractivity contribution >= 4 is 17.6 Å². The lowest BCUT2D eigenvalue weighted by Gasteiger charge is -2.13. The number of nitrogens with one attached hydrogen (secondary N) is 2. The summed E-state index contributed by atoms with van der Waals surface area (Å²) in [5.74, 6) is 0.195. The first kappa shape index (κ1) is 22.3. The summed E-state index contributed by atoms with van der Waals surface area (Å²) in [6.07, 6.45) is -7.50. The molecular weight excluding hydrogens is 468 g/mol. The number of fused-ring (bicyclic) bond motifs is 1. The van der Waals surface area contributed by atoms with Crippen molar-refractivity contribution in [3.63, 3.8) is 0 Å². The predicted octanol–water partition coefficient (Wildman–Crippen LogP) is 4.17. The number of hydrogen-bond donors (Lipinski definition) is 2. The molecule has 2 fully saturated rings. The standard InChI is InChI=1S/C20H15F6N7O/c21-19(22,23)9-4-10(6-27-5-9)28-17-31-16(13-2-1-3-14(29-13)20(24,25)26)32-18(33-17)30-15-11-7-34-8-12(11)15/h1-6,11-12,15H,7-8H2,(H2,28,30,31,32,33). The van der Waals surface area contributed by atoms with Crippen molar-refractivity contribution in [1.29, 1.82) is 0 Å². The first-order valence-corrected chi connectivity index (χ1v) is 10.0. The van der Waals surface area contributed by atoms with Crippen molar-refractivity contribution in [3.05, 3.63) is 47.9 Å². The van der Waals surface area contributed by atoms with Gasteiger partial charge in [0.25, 0.3) is 0 Å². The molecule has 3 aromatic heterocycles. The van der Waals surface area contributed by atoms with E-state index in [1.165, 1.54) is 6.07 Å². The van der Waals surface area contributed by atoms with E-state index in [0.717, 1.165) is 24.4 Å². The van der Waals surface area contributed by atoms with Gasteiger partial charge in [0.1, 0.15) is 11.4 Å². The van der Waals surface area contributed by atoms with Gasteiger partial charge >= 0.3 is 12.4 Å². The van der Waals surface area contributed by atoms with Crippen molar-refractivity contribution in [3.8, 4) is 11.5 Å². The maximum Gasteiger partial charge on any atom is 0.433 e. The summed E-state index contributed by atoms with van der Waals surface area (Å²) in [6.45, 7) is 1.13. The Morgan fingerprint density at radius 3 is 2.29 bits per heavy atom. The number of pyridine rings is 2. The summed E-state index contributed by atoms with van der Waals surface area (Å²) in [4.78, 5) is 19.6. The van der Waals surface area contributed by atoms with Crippen LogP contribution in [0.2, 0.25) is 0 Å². The molecule has 1 saturated heterocycles. The van der Waals surface area contributed by atoms with Gasteiger partial charge in [0.05, 0.1) is 30.7 Å². The number of alkyl halides is 6. The average Bonchev–Trinajstić information content (AvgIpc) is 3.18. The van der Waals surface area contributed by atoms with Gasteiger partial charge in [-0.25, -0.2) is 4.98 Å². The van der Waals surface area contributed by atoms with Crippen molar-refractivity contribution in [2.75, 3.05) is 23.8 Å². The first-order valence-electron chi connectivity index (χ1n) is 10.0. The van der Waals surface area contributed by atoms with Gasteiger partial charge in [0, 0.05) is 24.1 Å². The molecule has 14 heteroatoms. The molecule has 1 aliphatic carbocycles. The Morgan fingerprint density at radius 1 is 0.853 bits per heavy atom. The van der Waals surface area contributed by atoms with Gasteiger partial charge in [-0.05, 0) is 18.2 Å². The van der Waals surface area contributed by atoms with Crippen LogP contribution in [0.4, 0.5) is 43.9 Å². The third-order valence-corrected chi connectivity index (χ3v) is 5.47. The lowest BCUT2D eigenvalue weighted by molar-refractivity contribution is -0.141. The van der Waals surface area contributed by atoms with Gasteiger partial charge < -0.3 is 15.4 Å². The van der Waals surface area contributed by atoms with Crippen LogP contribution in [-0.4, -0.2) is 44.2 Å². The van der Waals surface area contributed by atoms with Crippen molar-refractivity contribution in [2.24, 2.45) is 11.8 Å². The molecule has 0 bridgehead atoms. The molecule has 2 aliphatic rings. The molecule has 4 heterocycles.